The van der Waals surface area contributed by atoms with Crippen LogP contribution in [0.3, 0.4) is 0 Å². The van der Waals surface area contributed by atoms with Crippen LogP contribution in [-0.4, -0.2) is 16.5 Å². The highest BCUT2D eigenvalue weighted by atomic mass is 79.9. The fourth-order valence-electron chi connectivity index (χ4n) is 3.01. The van der Waals surface area contributed by atoms with Gasteiger partial charge in [0.2, 0.25) is 5.91 Å². The average Bonchev–Trinajstić information content (AvgIpc) is 2.75. The Morgan fingerprint density at radius 2 is 1.88 bits per heavy atom. The van der Waals surface area contributed by atoms with Crippen molar-refractivity contribution in [1.29, 1.82) is 0 Å². The van der Waals surface area contributed by atoms with Crippen molar-refractivity contribution in [3.63, 3.8) is 0 Å². The van der Waals surface area contributed by atoms with E-state index in [9.17, 15) is 18.4 Å². The standard InChI is InChI=1S/C23H22BrF2N3O3/c1-13-9-20(32-12-16-5-6-17(25)10-19(16)26)21(24)23(31)29(13)18-7-3-15(4-8-18)11-28-22(30)14(2)27/h3-10,14H,11-12,27H2,1-2H3,(H,28,30)/t14-/m0/s1. The van der Waals surface area contributed by atoms with E-state index < -0.39 is 17.7 Å². The molecule has 0 aliphatic heterocycles. The molecular formula is C23H22BrF2N3O3. The van der Waals surface area contributed by atoms with Crippen LogP contribution >= 0.6 is 15.9 Å². The van der Waals surface area contributed by atoms with E-state index in [-0.39, 0.29) is 33.9 Å². The molecule has 0 saturated carbocycles. The summed E-state index contributed by atoms with van der Waals surface area (Å²) in [5.74, 6) is -1.39. The predicted molar refractivity (Wildman–Crippen MR) is 121 cm³/mol. The van der Waals surface area contributed by atoms with Gasteiger partial charge < -0.3 is 15.8 Å². The zero-order chi connectivity index (χ0) is 23.4. The molecule has 0 fully saturated rings. The van der Waals surface area contributed by atoms with Gasteiger partial charge in [-0.15, -0.1) is 0 Å². The minimum Gasteiger partial charge on any atom is -0.487 e. The first kappa shape index (κ1) is 23.6. The second-order valence-electron chi connectivity index (χ2n) is 7.30. The summed E-state index contributed by atoms with van der Waals surface area (Å²) in [4.78, 5) is 24.6. The molecule has 32 heavy (non-hydrogen) atoms. The number of aromatic nitrogens is 1. The van der Waals surface area contributed by atoms with Crippen molar-refractivity contribution in [2.75, 3.05) is 0 Å². The van der Waals surface area contributed by atoms with Gasteiger partial charge in [0.1, 0.15) is 28.5 Å². The van der Waals surface area contributed by atoms with Crippen molar-refractivity contribution in [2.24, 2.45) is 5.73 Å². The van der Waals surface area contributed by atoms with Gasteiger partial charge in [-0.25, -0.2) is 8.78 Å². The molecule has 1 amide bonds. The number of amides is 1. The maximum Gasteiger partial charge on any atom is 0.273 e. The molecule has 0 aliphatic carbocycles. The van der Waals surface area contributed by atoms with Crippen LogP contribution in [0.1, 0.15) is 23.7 Å². The monoisotopic (exact) mass is 505 g/mol. The SMILES string of the molecule is Cc1cc(OCc2ccc(F)cc2F)c(Br)c(=O)n1-c1ccc(CNC(=O)[C@H](C)N)cc1. The Kier molecular flexibility index (Phi) is 7.42. The summed E-state index contributed by atoms with van der Waals surface area (Å²) in [5.41, 5.74) is 7.44. The number of nitrogens with one attached hydrogen (secondary N) is 1. The summed E-state index contributed by atoms with van der Waals surface area (Å²) in [6.45, 7) is 3.52. The number of halogens is 3. The molecule has 3 aromatic rings. The van der Waals surface area contributed by atoms with Gasteiger partial charge >= 0.3 is 0 Å². The van der Waals surface area contributed by atoms with Crippen LogP contribution in [0.2, 0.25) is 0 Å². The molecule has 9 heteroatoms. The molecular weight excluding hydrogens is 484 g/mol. The van der Waals surface area contributed by atoms with Crippen LogP contribution in [0.4, 0.5) is 8.78 Å². The molecule has 0 saturated heterocycles. The van der Waals surface area contributed by atoms with E-state index in [0.29, 0.717) is 17.9 Å². The lowest BCUT2D eigenvalue weighted by Gasteiger charge is -2.15. The van der Waals surface area contributed by atoms with Gasteiger partial charge in [0.05, 0.1) is 6.04 Å². The van der Waals surface area contributed by atoms with Crippen molar-refractivity contribution in [2.45, 2.75) is 33.0 Å². The predicted octanol–water partition coefficient (Wildman–Crippen LogP) is 3.73. The lowest BCUT2D eigenvalue weighted by molar-refractivity contribution is -0.122. The number of nitrogens with two attached hydrogens (primary N) is 1. The molecule has 0 aliphatic rings. The third-order valence-electron chi connectivity index (χ3n) is 4.77. The number of nitrogens with zero attached hydrogens (tertiary/aromatic N) is 1. The van der Waals surface area contributed by atoms with Crippen LogP contribution in [0.5, 0.6) is 5.75 Å². The number of hydrogen-bond donors (Lipinski definition) is 2. The van der Waals surface area contributed by atoms with Crippen molar-refractivity contribution in [1.82, 2.24) is 9.88 Å². The lowest BCUT2D eigenvalue weighted by atomic mass is 10.2. The van der Waals surface area contributed by atoms with Crippen LogP contribution in [-0.2, 0) is 17.9 Å². The first-order valence-corrected chi connectivity index (χ1v) is 10.6. The molecule has 3 rings (SSSR count). The summed E-state index contributed by atoms with van der Waals surface area (Å²) in [5, 5.41) is 2.73. The molecule has 6 nitrogen and oxygen atoms in total. The Balaban J connectivity index is 1.79. The second-order valence-corrected chi connectivity index (χ2v) is 8.09. The summed E-state index contributed by atoms with van der Waals surface area (Å²) < 4.78 is 34.2. The molecule has 3 N–H and O–H groups in total. The third-order valence-corrected chi connectivity index (χ3v) is 5.50. The van der Waals surface area contributed by atoms with E-state index in [4.69, 9.17) is 10.5 Å². The van der Waals surface area contributed by atoms with Gasteiger partial charge in [0, 0.05) is 35.6 Å². The smallest absolute Gasteiger partial charge is 0.273 e. The molecule has 2 aromatic carbocycles. The topological polar surface area (TPSA) is 86.3 Å². The summed E-state index contributed by atoms with van der Waals surface area (Å²) in [6.07, 6.45) is 0. The van der Waals surface area contributed by atoms with Gasteiger partial charge in [0.15, 0.2) is 0 Å². The summed E-state index contributed by atoms with van der Waals surface area (Å²) in [6, 6.07) is 11.4. The number of hydrogen-bond acceptors (Lipinski definition) is 4. The number of pyridine rings is 1. The van der Waals surface area contributed by atoms with Gasteiger partial charge in [-0.2, -0.15) is 0 Å². The highest BCUT2D eigenvalue weighted by Crippen LogP contribution is 2.25. The number of rotatable bonds is 7. The van der Waals surface area contributed by atoms with Crippen molar-refractivity contribution in [3.05, 3.63) is 91.8 Å². The van der Waals surface area contributed by atoms with Crippen LogP contribution in [0.25, 0.3) is 5.69 Å². The third kappa shape index (κ3) is 5.41. The van der Waals surface area contributed by atoms with Gasteiger partial charge in [-0.3, -0.25) is 14.2 Å². The normalized spacial score (nSPS) is 11.8. The highest BCUT2D eigenvalue weighted by molar-refractivity contribution is 9.10. The molecule has 0 unspecified atom stereocenters. The number of aryl methyl sites for hydroxylation is 1. The lowest BCUT2D eigenvalue weighted by Crippen LogP contribution is -2.37. The van der Waals surface area contributed by atoms with E-state index in [1.54, 1.807) is 44.2 Å². The zero-order valence-electron chi connectivity index (χ0n) is 17.5. The van der Waals surface area contributed by atoms with Crippen molar-refractivity contribution in [3.8, 4) is 11.4 Å². The zero-order valence-corrected chi connectivity index (χ0v) is 19.1. The average molecular weight is 506 g/mol. The van der Waals surface area contributed by atoms with Crippen molar-refractivity contribution >= 4 is 21.8 Å². The molecule has 1 atom stereocenters. The van der Waals surface area contributed by atoms with E-state index in [1.807, 2.05) is 0 Å². The Labute approximate surface area is 192 Å². The molecule has 168 valence electrons. The van der Waals surface area contributed by atoms with Crippen molar-refractivity contribution < 1.29 is 18.3 Å². The number of ether oxygens (including phenoxy) is 1. The Morgan fingerprint density at radius 1 is 1.19 bits per heavy atom. The van der Waals surface area contributed by atoms with E-state index in [1.165, 1.54) is 10.6 Å². The van der Waals surface area contributed by atoms with Crippen LogP contribution in [0, 0.1) is 18.6 Å². The largest absolute Gasteiger partial charge is 0.487 e. The molecule has 0 bridgehead atoms. The Bertz CT molecular complexity index is 1190. The fraction of sp³-hybridized carbons (Fsp3) is 0.217. The minimum absolute atomic E-state index is 0.157. The molecule has 0 spiro atoms. The molecule has 1 aromatic heterocycles. The van der Waals surface area contributed by atoms with Gasteiger partial charge in [-0.05, 0) is 59.6 Å². The second kappa shape index (κ2) is 10.1. The number of carbonyl (C=O) groups excluding carboxylic acids is 1. The summed E-state index contributed by atoms with van der Waals surface area (Å²) in [7, 11) is 0. The fourth-order valence-corrected chi connectivity index (χ4v) is 3.42. The Morgan fingerprint density at radius 3 is 2.50 bits per heavy atom. The van der Waals surface area contributed by atoms with Crippen LogP contribution < -0.4 is 21.3 Å². The minimum atomic E-state index is -0.719. The van der Waals surface area contributed by atoms with Gasteiger partial charge in [-0.1, -0.05) is 12.1 Å². The summed E-state index contributed by atoms with van der Waals surface area (Å²) >= 11 is 3.26. The maximum absolute atomic E-state index is 13.8. The highest BCUT2D eigenvalue weighted by Gasteiger charge is 2.15. The maximum atomic E-state index is 13.8. The van der Waals surface area contributed by atoms with E-state index >= 15 is 0 Å². The first-order chi connectivity index (χ1) is 15.2. The van der Waals surface area contributed by atoms with E-state index in [0.717, 1.165) is 17.7 Å². The first-order valence-electron chi connectivity index (χ1n) is 9.79. The van der Waals surface area contributed by atoms with Gasteiger partial charge in [0.25, 0.3) is 5.56 Å². The van der Waals surface area contributed by atoms with E-state index in [2.05, 4.69) is 21.2 Å². The Hall–Kier alpha value is -3.04. The number of benzene rings is 2. The number of carbonyl (C=O) groups is 1. The molecule has 0 radical (unpaired) electrons. The van der Waals surface area contributed by atoms with Crippen LogP contribution in [0.15, 0.2) is 57.8 Å². The molecule has 1 heterocycles. The quantitative estimate of drug-likeness (QED) is 0.512.